The van der Waals surface area contributed by atoms with Crippen molar-refractivity contribution in [3.05, 3.63) is 42.7 Å². The van der Waals surface area contributed by atoms with Gasteiger partial charge in [-0.25, -0.2) is 0 Å². The third-order valence-electron chi connectivity index (χ3n) is 2.13. The third-order valence-corrected chi connectivity index (χ3v) is 2.13. The Morgan fingerprint density at radius 3 is 3.06 bits per heavy atom. The van der Waals surface area contributed by atoms with E-state index in [-0.39, 0.29) is 11.9 Å². The minimum Gasteiger partial charge on any atom is -0.351 e. The molecule has 4 heteroatoms. The fourth-order valence-corrected chi connectivity index (χ4v) is 1.18. The number of aromatic nitrogens is 1. The largest absolute Gasteiger partial charge is 0.351 e. The van der Waals surface area contributed by atoms with Gasteiger partial charge in [0.25, 0.3) is 0 Å². The summed E-state index contributed by atoms with van der Waals surface area (Å²) in [6, 6.07) is 5.47. The Kier molecular flexibility index (Phi) is 5.22. The van der Waals surface area contributed by atoms with Crippen molar-refractivity contribution in [3.63, 3.8) is 0 Å². The van der Waals surface area contributed by atoms with Crippen LogP contribution in [0.3, 0.4) is 0 Å². The Balaban J connectivity index is 2.32. The third kappa shape index (κ3) is 4.23. The average Bonchev–Trinajstić information content (AvgIpc) is 2.34. The number of carbonyl (C=O) groups is 1. The lowest BCUT2D eigenvalue weighted by Gasteiger charge is -2.12. The van der Waals surface area contributed by atoms with Crippen LogP contribution in [0.25, 0.3) is 0 Å². The zero-order chi connectivity index (χ0) is 11.8. The normalized spacial score (nSPS) is 11.8. The van der Waals surface area contributed by atoms with Gasteiger partial charge in [0.1, 0.15) is 0 Å². The molecule has 1 heterocycles. The zero-order valence-electron chi connectivity index (χ0n) is 9.44. The molecule has 0 aliphatic heterocycles. The summed E-state index contributed by atoms with van der Waals surface area (Å²) in [7, 11) is 0. The van der Waals surface area contributed by atoms with Crippen molar-refractivity contribution in [2.75, 3.05) is 6.54 Å². The van der Waals surface area contributed by atoms with E-state index in [1.807, 2.05) is 25.1 Å². The Labute approximate surface area is 95.8 Å². The van der Waals surface area contributed by atoms with Crippen LogP contribution in [0.1, 0.15) is 12.6 Å². The van der Waals surface area contributed by atoms with Crippen molar-refractivity contribution in [2.24, 2.45) is 0 Å². The second-order valence-electron chi connectivity index (χ2n) is 3.46. The summed E-state index contributed by atoms with van der Waals surface area (Å²) in [5.41, 5.74) is 0.922. The number of hydrogen-bond donors (Lipinski definition) is 2. The first kappa shape index (κ1) is 12.4. The van der Waals surface area contributed by atoms with E-state index in [4.69, 9.17) is 0 Å². The van der Waals surface area contributed by atoms with Crippen LogP contribution in [0.5, 0.6) is 0 Å². The molecule has 4 nitrogen and oxygen atoms in total. The molecule has 0 radical (unpaired) electrons. The molecule has 1 unspecified atom stereocenters. The van der Waals surface area contributed by atoms with Crippen LogP contribution in [0, 0.1) is 0 Å². The summed E-state index contributed by atoms with van der Waals surface area (Å²) in [5.74, 6) is -0.0316. The lowest BCUT2D eigenvalue weighted by atomic mass is 10.3. The summed E-state index contributed by atoms with van der Waals surface area (Å²) < 4.78 is 0. The lowest BCUT2D eigenvalue weighted by molar-refractivity contribution is -0.122. The topological polar surface area (TPSA) is 54.0 Å². The number of nitrogens with zero attached hydrogens (tertiary/aromatic N) is 1. The van der Waals surface area contributed by atoms with E-state index < -0.39 is 0 Å². The molecule has 16 heavy (non-hydrogen) atoms. The van der Waals surface area contributed by atoms with E-state index >= 15 is 0 Å². The summed E-state index contributed by atoms with van der Waals surface area (Å²) in [5, 5.41) is 5.83. The summed E-state index contributed by atoms with van der Waals surface area (Å²) in [6.07, 6.45) is 3.39. The molecule has 0 aromatic carbocycles. The molecular weight excluding hydrogens is 202 g/mol. The Hall–Kier alpha value is -1.68. The maximum Gasteiger partial charge on any atom is 0.237 e. The molecule has 1 rings (SSSR count). The molecule has 0 fully saturated rings. The predicted octanol–water partition coefficient (Wildman–Crippen LogP) is 0.862. The maximum atomic E-state index is 11.5. The maximum absolute atomic E-state index is 11.5. The van der Waals surface area contributed by atoms with Gasteiger partial charge in [0.2, 0.25) is 5.91 Å². The zero-order valence-corrected chi connectivity index (χ0v) is 9.44. The second kappa shape index (κ2) is 6.74. The molecule has 0 saturated carbocycles. The van der Waals surface area contributed by atoms with Crippen LogP contribution in [0.2, 0.25) is 0 Å². The highest BCUT2D eigenvalue weighted by atomic mass is 16.2. The van der Waals surface area contributed by atoms with Gasteiger partial charge < -0.3 is 10.6 Å². The van der Waals surface area contributed by atoms with Gasteiger partial charge in [-0.15, -0.1) is 6.58 Å². The number of rotatable bonds is 6. The lowest BCUT2D eigenvalue weighted by Crippen LogP contribution is -2.41. The highest BCUT2D eigenvalue weighted by Crippen LogP contribution is 1.93. The molecule has 1 aromatic heterocycles. The molecule has 86 valence electrons. The number of pyridine rings is 1. The molecule has 1 amide bonds. The van der Waals surface area contributed by atoms with E-state index in [1.54, 1.807) is 12.3 Å². The Bertz CT molecular complexity index is 337. The second-order valence-corrected chi connectivity index (χ2v) is 3.46. The van der Waals surface area contributed by atoms with Gasteiger partial charge >= 0.3 is 0 Å². The number of amides is 1. The van der Waals surface area contributed by atoms with Crippen molar-refractivity contribution < 1.29 is 4.79 Å². The summed E-state index contributed by atoms with van der Waals surface area (Å²) in [4.78, 5) is 15.6. The van der Waals surface area contributed by atoms with Crippen LogP contribution >= 0.6 is 0 Å². The van der Waals surface area contributed by atoms with E-state index in [2.05, 4.69) is 22.2 Å². The van der Waals surface area contributed by atoms with Crippen LogP contribution in [-0.2, 0) is 11.3 Å². The molecule has 0 bridgehead atoms. The van der Waals surface area contributed by atoms with E-state index in [9.17, 15) is 4.79 Å². The molecular formula is C12H17N3O. The fraction of sp³-hybridized carbons (Fsp3) is 0.333. The van der Waals surface area contributed by atoms with Crippen molar-refractivity contribution in [2.45, 2.75) is 19.5 Å². The molecule has 1 atom stereocenters. The minimum atomic E-state index is -0.234. The first-order chi connectivity index (χ1) is 7.74. The molecule has 0 aliphatic carbocycles. The van der Waals surface area contributed by atoms with Crippen molar-refractivity contribution >= 4 is 5.91 Å². The first-order valence-corrected chi connectivity index (χ1v) is 5.26. The molecule has 0 spiro atoms. The van der Waals surface area contributed by atoms with Gasteiger partial charge in [0, 0.05) is 19.3 Å². The summed E-state index contributed by atoms with van der Waals surface area (Å²) in [6.45, 7) is 6.44. The van der Waals surface area contributed by atoms with Gasteiger partial charge in [-0.3, -0.25) is 9.78 Å². The molecule has 1 aromatic rings. The first-order valence-electron chi connectivity index (χ1n) is 5.26. The SMILES string of the molecule is C=CCNC(=O)C(C)NCc1ccccn1. The van der Waals surface area contributed by atoms with E-state index in [1.165, 1.54) is 0 Å². The highest BCUT2D eigenvalue weighted by molar-refractivity contribution is 5.81. The van der Waals surface area contributed by atoms with Crippen LogP contribution in [0.15, 0.2) is 37.1 Å². The minimum absolute atomic E-state index is 0.0316. The van der Waals surface area contributed by atoms with Gasteiger partial charge in [0.15, 0.2) is 0 Å². The van der Waals surface area contributed by atoms with Crippen LogP contribution < -0.4 is 10.6 Å². The number of nitrogens with one attached hydrogen (secondary N) is 2. The highest BCUT2D eigenvalue weighted by Gasteiger charge is 2.10. The quantitative estimate of drug-likeness (QED) is 0.698. The predicted molar refractivity (Wildman–Crippen MR) is 63.7 cm³/mol. The smallest absolute Gasteiger partial charge is 0.237 e. The van der Waals surface area contributed by atoms with Crippen molar-refractivity contribution in [3.8, 4) is 0 Å². The molecule has 2 N–H and O–H groups in total. The van der Waals surface area contributed by atoms with Gasteiger partial charge in [-0.1, -0.05) is 12.1 Å². The Morgan fingerprint density at radius 1 is 1.62 bits per heavy atom. The van der Waals surface area contributed by atoms with Gasteiger partial charge in [0.05, 0.1) is 11.7 Å². The van der Waals surface area contributed by atoms with Crippen LogP contribution in [-0.4, -0.2) is 23.5 Å². The fourth-order valence-electron chi connectivity index (χ4n) is 1.18. The van der Waals surface area contributed by atoms with E-state index in [0.717, 1.165) is 5.69 Å². The number of hydrogen-bond acceptors (Lipinski definition) is 3. The molecule has 0 saturated heterocycles. The van der Waals surface area contributed by atoms with Crippen molar-refractivity contribution in [1.29, 1.82) is 0 Å². The monoisotopic (exact) mass is 219 g/mol. The van der Waals surface area contributed by atoms with Crippen LogP contribution in [0.4, 0.5) is 0 Å². The summed E-state index contributed by atoms with van der Waals surface area (Å²) >= 11 is 0. The average molecular weight is 219 g/mol. The van der Waals surface area contributed by atoms with E-state index in [0.29, 0.717) is 13.1 Å². The van der Waals surface area contributed by atoms with Crippen molar-refractivity contribution in [1.82, 2.24) is 15.6 Å². The Morgan fingerprint density at radius 2 is 2.44 bits per heavy atom. The molecule has 0 aliphatic rings. The number of carbonyl (C=O) groups excluding carboxylic acids is 1. The van der Waals surface area contributed by atoms with Gasteiger partial charge in [-0.2, -0.15) is 0 Å². The standard InChI is InChI=1S/C12H17N3O/c1-3-7-14-12(16)10(2)15-9-11-6-4-5-8-13-11/h3-6,8,10,15H,1,7,9H2,2H3,(H,14,16). The van der Waals surface area contributed by atoms with Gasteiger partial charge in [-0.05, 0) is 19.1 Å².